The number of rotatable bonds is 3. The predicted octanol–water partition coefficient (Wildman–Crippen LogP) is 2.18. The van der Waals surface area contributed by atoms with Crippen LogP contribution in [0.3, 0.4) is 0 Å². The van der Waals surface area contributed by atoms with Crippen LogP contribution in [0.2, 0.25) is 5.02 Å². The summed E-state index contributed by atoms with van der Waals surface area (Å²) in [5.74, 6) is -0.203. The minimum absolute atomic E-state index is 0.203. The van der Waals surface area contributed by atoms with Crippen LogP contribution in [-0.4, -0.2) is 20.5 Å². The second-order valence-electron chi connectivity index (χ2n) is 3.25. The summed E-state index contributed by atoms with van der Waals surface area (Å²) in [5.41, 5.74) is 0.766. The third-order valence-corrected chi connectivity index (χ3v) is 2.50. The van der Waals surface area contributed by atoms with Crippen molar-refractivity contribution in [3.05, 3.63) is 47.0 Å². The first kappa shape index (κ1) is 10.8. The summed E-state index contributed by atoms with van der Waals surface area (Å²) < 4.78 is 1.68. The van der Waals surface area contributed by atoms with Crippen molar-refractivity contribution in [3.63, 3.8) is 0 Å². The SMILES string of the molecule is CCn1cc(C(=O)c2ncccc2Cl)cn1. The number of carbonyl (C=O) groups excluding carboxylic acids is 1. The molecule has 0 radical (unpaired) electrons. The van der Waals surface area contributed by atoms with Crippen molar-refractivity contribution >= 4 is 17.4 Å². The van der Waals surface area contributed by atoms with Gasteiger partial charge in [-0.2, -0.15) is 5.10 Å². The molecule has 2 rings (SSSR count). The van der Waals surface area contributed by atoms with E-state index in [1.165, 1.54) is 6.20 Å². The summed E-state index contributed by atoms with van der Waals surface area (Å²) in [6.45, 7) is 2.68. The van der Waals surface area contributed by atoms with Crippen LogP contribution in [0, 0.1) is 0 Å². The first-order valence-electron chi connectivity index (χ1n) is 4.90. The highest BCUT2D eigenvalue weighted by atomic mass is 35.5. The lowest BCUT2D eigenvalue weighted by molar-refractivity contribution is 0.103. The fraction of sp³-hybridized carbons (Fsp3) is 0.182. The number of hydrogen-bond acceptors (Lipinski definition) is 3. The zero-order valence-electron chi connectivity index (χ0n) is 8.72. The molecule has 0 amide bonds. The van der Waals surface area contributed by atoms with E-state index in [2.05, 4.69) is 10.1 Å². The lowest BCUT2D eigenvalue weighted by Gasteiger charge is -1.98. The van der Waals surface area contributed by atoms with E-state index in [-0.39, 0.29) is 11.5 Å². The molecule has 0 aliphatic rings. The van der Waals surface area contributed by atoms with Gasteiger partial charge >= 0.3 is 0 Å². The van der Waals surface area contributed by atoms with E-state index >= 15 is 0 Å². The quantitative estimate of drug-likeness (QED) is 0.767. The molecule has 2 aromatic heterocycles. The number of nitrogens with zero attached hydrogens (tertiary/aromatic N) is 3. The Balaban J connectivity index is 2.35. The number of ketones is 1. The van der Waals surface area contributed by atoms with Gasteiger partial charge in [0.1, 0.15) is 5.69 Å². The maximum absolute atomic E-state index is 12.0. The Labute approximate surface area is 97.9 Å². The van der Waals surface area contributed by atoms with Gasteiger partial charge in [0.25, 0.3) is 0 Å². The van der Waals surface area contributed by atoms with Gasteiger partial charge in [0.15, 0.2) is 0 Å². The second kappa shape index (κ2) is 4.45. The molecule has 0 saturated heterocycles. The van der Waals surface area contributed by atoms with Crippen molar-refractivity contribution in [2.24, 2.45) is 0 Å². The standard InChI is InChI=1S/C11H10ClN3O/c1-2-15-7-8(6-14-15)11(16)10-9(12)4-3-5-13-10/h3-7H,2H2,1H3. The van der Waals surface area contributed by atoms with Gasteiger partial charge < -0.3 is 0 Å². The molecule has 16 heavy (non-hydrogen) atoms. The molecule has 0 N–H and O–H groups in total. The number of aromatic nitrogens is 3. The van der Waals surface area contributed by atoms with Gasteiger partial charge in [-0.1, -0.05) is 11.6 Å². The van der Waals surface area contributed by atoms with E-state index < -0.39 is 0 Å². The van der Waals surface area contributed by atoms with E-state index in [0.717, 1.165) is 6.54 Å². The average molecular weight is 236 g/mol. The fourth-order valence-electron chi connectivity index (χ4n) is 1.34. The minimum atomic E-state index is -0.203. The summed E-state index contributed by atoms with van der Waals surface area (Å²) in [7, 11) is 0. The van der Waals surface area contributed by atoms with E-state index in [0.29, 0.717) is 10.6 Å². The molecular weight excluding hydrogens is 226 g/mol. The Morgan fingerprint density at radius 3 is 3.00 bits per heavy atom. The first-order valence-corrected chi connectivity index (χ1v) is 5.28. The van der Waals surface area contributed by atoms with Crippen molar-refractivity contribution in [2.45, 2.75) is 13.5 Å². The highest BCUT2D eigenvalue weighted by Gasteiger charge is 2.15. The Morgan fingerprint density at radius 1 is 1.56 bits per heavy atom. The van der Waals surface area contributed by atoms with Crippen LogP contribution in [0.25, 0.3) is 0 Å². The maximum atomic E-state index is 12.0. The van der Waals surface area contributed by atoms with Crippen molar-refractivity contribution in [3.8, 4) is 0 Å². The lowest BCUT2D eigenvalue weighted by Crippen LogP contribution is -2.03. The molecule has 0 bridgehead atoms. The monoisotopic (exact) mass is 235 g/mol. The molecule has 5 heteroatoms. The van der Waals surface area contributed by atoms with Gasteiger partial charge in [0, 0.05) is 18.9 Å². The highest BCUT2D eigenvalue weighted by molar-refractivity contribution is 6.34. The highest BCUT2D eigenvalue weighted by Crippen LogP contribution is 2.16. The summed E-state index contributed by atoms with van der Waals surface area (Å²) >= 11 is 5.90. The molecule has 2 aromatic rings. The van der Waals surface area contributed by atoms with Crippen LogP contribution in [0.4, 0.5) is 0 Å². The van der Waals surface area contributed by atoms with Gasteiger partial charge in [0.2, 0.25) is 5.78 Å². The lowest BCUT2D eigenvalue weighted by atomic mass is 10.1. The van der Waals surface area contributed by atoms with Crippen molar-refractivity contribution in [1.29, 1.82) is 0 Å². The van der Waals surface area contributed by atoms with Crippen LogP contribution in [0.1, 0.15) is 23.0 Å². The summed E-state index contributed by atoms with van der Waals surface area (Å²) in [5, 5.41) is 4.39. The molecule has 0 aromatic carbocycles. The van der Waals surface area contributed by atoms with Gasteiger partial charge in [-0.05, 0) is 19.1 Å². The number of halogens is 1. The Bertz CT molecular complexity index is 521. The van der Waals surface area contributed by atoms with Crippen LogP contribution < -0.4 is 0 Å². The number of carbonyl (C=O) groups is 1. The Morgan fingerprint density at radius 2 is 2.38 bits per heavy atom. The van der Waals surface area contributed by atoms with E-state index in [1.54, 1.807) is 29.2 Å². The topological polar surface area (TPSA) is 47.8 Å². The van der Waals surface area contributed by atoms with Crippen LogP contribution in [-0.2, 0) is 6.54 Å². The van der Waals surface area contributed by atoms with E-state index in [1.807, 2.05) is 6.92 Å². The molecule has 2 heterocycles. The van der Waals surface area contributed by atoms with Crippen LogP contribution in [0.15, 0.2) is 30.7 Å². The smallest absolute Gasteiger partial charge is 0.216 e. The largest absolute Gasteiger partial charge is 0.287 e. The normalized spacial score (nSPS) is 10.4. The molecule has 0 saturated carbocycles. The molecular formula is C11H10ClN3O. The number of pyridine rings is 1. The molecule has 0 aliphatic carbocycles. The number of aryl methyl sites for hydroxylation is 1. The summed E-state index contributed by atoms with van der Waals surface area (Å²) in [4.78, 5) is 16.0. The molecule has 0 atom stereocenters. The van der Waals surface area contributed by atoms with Gasteiger partial charge in [-0.25, -0.2) is 0 Å². The van der Waals surface area contributed by atoms with Crippen molar-refractivity contribution in [1.82, 2.24) is 14.8 Å². The third-order valence-electron chi connectivity index (χ3n) is 2.19. The van der Waals surface area contributed by atoms with Crippen LogP contribution in [0.5, 0.6) is 0 Å². The summed E-state index contributed by atoms with van der Waals surface area (Å²) in [6.07, 6.45) is 4.76. The molecule has 0 aliphatic heterocycles. The third kappa shape index (κ3) is 1.97. The molecule has 0 spiro atoms. The zero-order chi connectivity index (χ0) is 11.5. The van der Waals surface area contributed by atoms with E-state index in [4.69, 9.17) is 11.6 Å². The maximum Gasteiger partial charge on any atom is 0.216 e. The average Bonchev–Trinajstić information content (AvgIpc) is 2.77. The predicted molar refractivity (Wildman–Crippen MR) is 60.6 cm³/mol. The van der Waals surface area contributed by atoms with Gasteiger partial charge in [-0.15, -0.1) is 0 Å². The molecule has 0 fully saturated rings. The van der Waals surface area contributed by atoms with Crippen LogP contribution >= 0.6 is 11.6 Å². The fourth-order valence-corrected chi connectivity index (χ4v) is 1.55. The van der Waals surface area contributed by atoms with Crippen molar-refractivity contribution < 1.29 is 4.79 Å². The molecule has 4 nitrogen and oxygen atoms in total. The Hall–Kier alpha value is -1.68. The molecule has 0 unspecified atom stereocenters. The molecule has 82 valence electrons. The minimum Gasteiger partial charge on any atom is -0.287 e. The summed E-state index contributed by atoms with van der Waals surface area (Å²) in [6, 6.07) is 3.33. The number of hydrogen-bond donors (Lipinski definition) is 0. The van der Waals surface area contributed by atoms with Gasteiger partial charge in [-0.3, -0.25) is 14.5 Å². The van der Waals surface area contributed by atoms with E-state index in [9.17, 15) is 4.79 Å². The first-order chi connectivity index (χ1) is 7.72. The Kier molecular flexibility index (Phi) is 3.01. The second-order valence-corrected chi connectivity index (χ2v) is 3.65. The zero-order valence-corrected chi connectivity index (χ0v) is 9.48. The van der Waals surface area contributed by atoms with Crippen molar-refractivity contribution in [2.75, 3.05) is 0 Å². The van der Waals surface area contributed by atoms with Gasteiger partial charge in [0.05, 0.1) is 16.8 Å².